The molecule has 1 aliphatic heterocycles. The molecule has 0 spiro atoms. The second-order valence-electron chi connectivity index (χ2n) is 8.09. The average Bonchev–Trinajstić information content (AvgIpc) is 2.86. The predicted octanol–water partition coefficient (Wildman–Crippen LogP) is 7.16. The van der Waals surface area contributed by atoms with Crippen LogP contribution < -0.4 is 4.74 Å². The number of halogens is 5. The summed E-state index contributed by atoms with van der Waals surface area (Å²) < 4.78 is 90.0. The SMILES string of the molecule is CC.CCOC(C)=O.O=S(c1ccc(C(F)(F)F)cc1)[C@@]12CCCCC1COc1c(F)ccc(F)c12. The third-order valence-corrected chi connectivity index (χ3v) is 8.10. The van der Waals surface area contributed by atoms with E-state index in [0.29, 0.717) is 25.9 Å². The summed E-state index contributed by atoms with van der Waals surface area (Å²) in [6, 6.07) is 6.00. The maximum atomic E-state index is 14.8. The van der Waals surface area contributed by atoms with Crippen molar-refractivity contribution in [2.75, 3.05) is 13.2 Å². The molecule has 0 amide bonds. The smallest absolute Gasteiger partial charge is 0.416 e. The van der Waals surface area contributed by atoms with Crippen molar-refractivity contribution in [1.82, 2.24) is 0 Å². The molecule has 1 fully saturated rings. The first kappa shape index (κ1) is 29.7. The molecule has 0 aromatic heterocycles. The summed E-state index contributed by atoms with van der Waals surface area (Å²) in [4.78, 5) is 9.98. The zero-order valence-electron chi connectivity index (χ0n) is 20.7. The Labute approximate surface area is 210 Å². The molecular weight excluding hydrogens is 503 g/mol. The van der Waals surface area contributed by atoms with Crippen LogP contribution in [0.2, 0.25) is 0 Å². The molecule has 4 rings (SSSR count). The van der Waals surface area contributed by atoms with Crippen molar-refractivity contribution >= 4 is 16.8 Å². The Hall–Kier alpha value is -2.49. The standard InChI is InChI=1S/C20H17F5O2S.C4H8O2.C2H6/c21-15-8-9-16(22)18-17(15)19(10-2-1-3-13(19)11-27-18)28(26)14-6-4-12(5-7-14)20(23,24)25;1-3-6-4(2)5;1-2/h4-9,13H,1-3,10-11H2;3H2,1-2H3;1-2H3/t13?,19-,28?;;/m0../s1. The summed E-state index contributed by atoms with van der Waals surface area (Å²) in [6.45, 7) is 7.75. The summed E-state index contributed by atoms with van der Waals surface area (Å²) in [6.07, 6.45) is -2.03. The van der Waals surface area contributed by atoms with E-state index < -0.39 is 38.9 Å². The number of rotatable bonds is 3. The fourth-order valence-corrected chi connectivity index (χ4v) is 6.53. The first-order valence-electron chi connectivity index (χ1n) is 11.9. The molecule has 1 aliphatic carbocycles. The zero-order chi connectivity index (χ0) is 27.1. The molecular formula is C26H31F5O4S. The fourth-order valence-electron chi connectivity index (χ4n) is 4.53. The van der Waals surface area contributed by atoms with Crippen LogP contribution in [-0.2, 0) is 31.3 Å². The van der Waals surface area contributed by atoms with Gasteiger partial charge in [0.1, 0.15) is 5.82 Å². The van der Waals surface area contributed by atoms with Crippen LogP contribution in [0.1, 0.15) is 64.5 Å². The molecule has 200 valence electrons. The molecule has 0 saturated heterocycles. The van der Waals surface area contributed by atoms with Gasteiger partial charge in [0.15, 0.2) is 11.6 Å². The van der Waals surface area contributed by atoms with Gasteiger partial charge in [-0.25, -0.2) is 8.78 Å². The van der Waals surface area contributed by atoms with Crippen LogP contribution in [0.25, 0.3) is 0 Å². The highest BCUT2D eigenvalue weighted by molar-refractivity contribution is 7.86. The second kappa shape index (κ2) is 12.7. The van der Waals surface area contributed by atoms with Gasteiger partial charge in [-0.2, -0.15) is 13.2 Å². The van der Waals surface area contributed by atoms with Gasteiger partial charge >= 0.3 is 12.1 Å². The Kier molecular flexibility index (Phi) is 10.5. The maximum absolute atomic E-state index is 14.8. The fraction of sp³-hybridized carbons (Fsp3) is 0.500. The summed E-state index contributed by atoms with van der Waals surface area (Å²) in [5.41, 5.74) is -0.905. The van der Waals surface area contributed by atoms with Gasteiger partial charge in [-0.05, 0) is 56.2 Å². The lowest BCUT2D eigenvalue weighted by Crippen LogP contribution is -2.48. The number of fused-ring (bicyclic) bond motifs is 3. The number of hydrogen-bond acceptors (Lipinski definition) is 4. The van der Waals surface area contributed by atoms with Crippen molar-refractivity contribution < 1.29 is 40.4 Å². The van der Waals surface area contributed by atoms with Crippen LogP contribution >= 0.6 is 0 Å². The molecule has 2 aromatic carbocycles. The van der Waals surface area contributed by atoms with Gasteiger partial charge in [0, 0.05) is 17.7 Å². The topological polar surface area (TPSA) is 52.6 Å². The number of hydrogen-bond donors (Lipinski definition) is 0. The molecule has 36 heavy (non-hydrogen) atoms. The minimum absolute atomic E-state index is 0.0540. The number of esters is 1. The molecule has 3 atom stereocenters. The lowest BCUT2D eigenvalue weighted by molar-refractivity contribution is -0.140. The van der Waals surface area contributed by atoms with E-state index in [2.05, 4.69) is 4.74 Å². The van der Waals surface area contributed by atoms with Crippen molar-refractivity contribution in [3.63, 3.8) is 0 Å². The molecule has 0 radical (unpaired) electrons. The van der Waals surface area contributed by atoms with Crippen molar-refractivity contribution in [2.24, 2.45) is 5.92 Å². The van der Waals surface area contributed by atoms with Gasteiger partial charge < -0.3 is 9.47 Å². The van der Waals surface area contributed by atoms with Crippen LogP contribution in [0, 0.1) is 17.6 Å². The highest BCUT2D eigenvalue weighted by atomic mass is 32.2. The number of benzene rings is 2. The van der Waals surface area contributed by atoms with E-state index in [1.807, 2.05) is 13.8 Å². The Morgan fingerprint density at radius 2 is 1.69 bits per heavy atom. The lowest BCUT2D eigenvalue weighted by atomic mass is 9.73. The Bertz CT molecular complexity index is 1060. The van der Waals surface area contributed by atoms with Gasteiger partial charge in [0.05, 0.1) is 39.9 Å². The third kappa shape index (κ3) is 6.25. The quantitative estimate of drug-likeness (QED) is 0.310. The number of carbonyl (C=O) groups excluding carboxylic acids is 1. The molecule has 0 bridgehead atoms. The Morgan fingerprint density at radius 3 is 2.22 bits per heavy atom. The number of alkyl halides is 3. The highest BCUT2D eigenvalue weighted by Crippen LogP contribution is 2.55. The monoisotopic (exact) mass is 534 g/mol. The normalized spacial score (nSPS) is 21.2. The molecule has 10 heteroatoms. The number of ether oxygens (including phenoxy) is 2. The van der Waals surface area contributed by atoms with Crippen LogP contribution in [0.3, 0.4) is 0 Å². The molecule has 1 saturated carbocycles. The summed E-state index contributed by atoms with van der Waals surface area (Å²) in [5, 5.41) is 0. The minimum Gasteiger partial charge on any atom is -0.490 e. The average molecular weight is 535 g/mol. The van der Waals surface area contributed by atoms with Crippen LogP contribution in [0.4, 0.5) is 22.0 Å². The first-order chi connectivity index (χ1) is 17.0. The minimum atomic E-state index is -4.51. The number of carbonyl (C=O) groups is 1. The van der Waals surface area contributed by atoms with E-state index >= 15 is 0 Å². The highest BCUT2D eigenvalue weighted by Gasteiger charge is 2.54. The molecule has 0 N–H and O–H groups in total. The van der Waals surface area contributed by atoms with E-state index in [0.717, 1.165) is 42.8 Å². The molecule has 2 aromatic rings. The van der Waals surface area contributed by atoms with Gasteiger partial charge in [-0.1, -0.05) is 26.7 Å². The summed E-state index contributed by atoms with van der Waals surface area (Å²) in [5.74, 6) is -2.20. The molecule has 4 nitrogen and oxygen atoms in total. The second-order valence-corrected chi connectivity index (χ2v) is 9.83. The Balaban J connectivity index is 0.000000502. The predicted molar refractivity (Wildman–Crippen MR) is 127 cm³/mol. The van der Waals surface area contributed by atoms with Crippen molar-refractivity contribution in [2.45, 2.75) is 69.2 Å². The third-order valence-electron chi connectivity index (χ3n) is 6.00. The van der Waals surface area contributed by atoms with Crippen LogP contribution in [0.5, 0.6) is 5.75 Å². The molecule has 1 heterocycles. The van der Waals surface area contributed by atoms with E-state index in [9.17, 15) is 31.0 Å². The Morgan fingerprint density at radius 1 is 1.08 bits per heavy atom. The molecule has 2 aliphatic rings. The molecule has 2 unspecified atom stereocenters. The van der Waals surface area contributed by atoms with E-state index in [4.69, 9.17) is 4.74 Å². The largest absolute Gasteiger partial charge is 0.490 e. The first-order valence-corrected chi connectivity index (χ1v) is 13.0. The van der Waals surface area contributed by atoms with Gasteiger partial charge in [-0.3, -0.25) is 9.00 Å². The summed E-state index contributed by atoms with van der Waals surface area (Å²) in [7, 11) is -1.88. The maximum Gasteiger partial charge on any atom is 0.416 e. The van der Waals surface area contributed by atoms with Crippen molar-refractivity contribution in [3.8, 4) is 5.75 Å². The summed E-state index contributed by atoms with van der Waals surface area (Å²) >= 11 is 0. The van der Waals surface area contributed by atoms with E-state index in [1.165, 1.54) is 6.92 Å². The van der Waals surface area contributed by atoms with Crippen LogP contribution in [0.15, 0.2) is 41.3 Å². The van der Waals surface area contributed by atoms with Crippen molar-refractivity contribution in [1.29, 1.82) is 0 Å². The van der Waals surface area contributed by atoms with E-state index in [1.54, 1.807) is 6.92 Å². The van der Waals surface area contributed by atoms with Crippen molar-refractivity contribution in [3.05, 3.63) is 59.2 Å². The zero-order valence-corrected chi connectivity index (χ0v) is 21.5. The van der Waals surface area contributed by atoms with Gasteiger partial charge in [0.25, 0.3) is 0 Å². The van der Waals surface area contributed by atoms with Gasteiger partial charge in [-0.15, -0.1) is 0 Å². The van der Waals surface area contributed by atoms with E-state index in [-0.39, 0.29) is 34.7 Å². The lowest BCUT2D eigenvalue weighted by Gasteiger charge is -2.47. The van der Waals surface area contributed by atoms with Gasteiger partial charge in [0.2, 0.25) is 0 Å². The van der Waals surface area contributed by atoms with Crippen LogP contribution in [-0.4, -0.2) is 23.4 Å².